The van der Waals surface area contributed by atoms with E-state index in [2.05, 4.69) is 60.7 Å². The lowest BCUT2D eigenvalue weighted by Crippen LogP contribution is -1.89. The van der Waals surface area contributed by atoms with Gasteiger partial charge in [-0.05, 0) is 88.0 Å². The van der Waals surface area contributed by atoms with E-state index in [0.29, 0.717) is 5.56 Å². The Hall–Kier alpha value is -5.59. The van der Waals surface area contributed by atoms with E-state index in [0.717, 1.165) is 77.3 Å². The van der Waals surface area contributed by atoms with E-state index in [1.165, 1.54) is 0 Å². The van der Waals surface area contributed by atoms with Gasteiger partial charge in [0.1, 0.15) is 22.3 Å². The largest absolute Gasteiger partial charge is 0.456 e. The highest BCUT2D eigenvalue weighted by molar-refractivity contribution is 6.13. The number of fused-ring (bicyclic) bond motifs is 6. The summed E-state index contributed by atoms with van der Waals surface area (Å²) >= 11 is 0. The van der Waals surface area contributed by atoms with Crippen LogP contribution in [0.25, 0.3) is 77.3 Å². The van der Waals surface area contributed by atoms with Crippen molar-refractivity contribution in [3.63, 3.8) is 0 Å². The quantitative estimate of drug-likeness (QED) is 0.237. The normalized spacial score (nSPS) is 11.5. The van der Waals surface area contributed by atoms with Gasteiger partial charge in [0, 0.05) is 21.5 Å². The first-order valence-corrected chi connectivity index (χ1v) is 13.2. The Morgan fingerprint density at radius 3 is 1.88 bits per heavy atom. The summed E-state index contributed by atoms with van der Waals surface area (Å²) in [6.07, 6.45) is 0. The van der Waals surface area contributed by atoms with Crippen LogP contribution in [0.15, 0.2) is 136 Å². The van der Waals surface area contributed by atoms with E-state index in [4.69, 9.17) is 8.83 Å². The molecule has 0 aliphatic rings. The van der Waals surface area contributed by atoms with E-state index < -0.39 is 0 Å². The summed E-state index contributed by atoms with van der Waals surface area (Å²) < 4.78 is 12.4. The van der Waals surface area contributed by atoms with Crippen LogP contribution < -0.4 is 0 Å². The Morgan fingerprint density at radius 1 is 0.425 bits per heavy atom. The molecule has 0 aliphatic carbocycles. The van der Waals surface area contributed by atoms with Crippen LogP contribution in [0.2, 0.25) is 0 Å². The predicted molar refractivity (Wildman–Crippen MR) is 162 cm³/mol. The van der Waals surface area contributed by atoms with Gasteiger partial charge >= 0.3 is 0 Å². The number of hydrogen-bond donors (Lipinski definition) is 0. The zero-order valence-electron chi connectivity index (χ0n) is 21.4. The molecule has 0 unspecified atom stereocenters. The number of para-hydroxylation sites is 2. The number of nitrogens with zero attached hydrogens (tertiary/aromatic N) is 1. The van der Waals surface area contributed by atoms with Crippen LogP contribution in [-0.4, -0.2) is 0 Å². The highest BCUT2D eigenvalue weighted by Gasteiger charge is 2.16. The average Bonchev–Trinajstić information content (AvgIpc) is 3.58. The van der Waals surface area contributed by atoms with Crippen molar-refractivity contribution >= 4 is 43.9 Å². The van der Waals surface area contributed by atoms with E-state index in [1.807, 2.05) is 72.8 Å². The van der Waals surface area contributed by atoms with Crippen molar-refractivity contribution in [3.05, 3.63) is 133 Å². The molecule has 0 fully saturated rings. The molecule has 3 nitrogen and oxygen atoms in total. The molecule has 0 radical (unpaired) electrons. The molecule has 0 aliphatic heterocycles. The van der Waals surface area contributed by atoms with Crippen molar-refractivity contribution < 1.29 is 8.83 Å². The van der Waals surface area contributed by atoms with Crippen LogP contribution in [0.5, 0.6) is 0 Å². The minimum atomic E-state index is 0.644. The molecule has 2 heterocycles. The number of benzene rings is 6. The summed E-state index contributed by atoms with van der Waals surface area (Å²) in [6, 6.07) is 45.6. The van der Waals surface area contributed by atoms with Crippen molar-refractivity contribution in [3.8, 4) is 39.4 Å². The molecule has 0 spiro atoms. The van der Waals surface area contributed by atoms with Gasteiger partial charge in [0.05, 0.1) is 11.6 Å². The number of nitriles is 1. The first-order chi connectivity index (χ1) is 19.8. The zero-order chi connectivity index (χ0) is 26.6. The van der Waals surface area contributed by atoms with Gasteiger partial charge in [0.2, 0.25) is 0 Å². The standard InChI is InChI=1S/C37H21NO2/c38-22-24-8-1-2-9-28(24)26-18-25(23-16-17-31-30-10-3-5-13-33(30)40-36(31)21-23)19-27(20-26)29-12-7-15-35-37(29)32-11-4-6-14-34(32)39-35/h1-21H. The molecule has 6 aromatic carbocycles. The van der Waals surface area contributed by atoms with Crippen LogP contribution in [-0.2, 0) is 0 Å². The maximum atomic E-state index is 9.90. The fraction of sp³-hybridized carbons (Fsp3) is 0. The van der Waals surface area contributed by atoms with Crippen molar-refractivity contribution in [1.29, 1.82) is 5.26 Å². The third kappa shape index (κ3) is 3.44. The summed E-state index contributed by atoms with van der Waals surface area (Å²) in [5.41, 5.74) is 10.2. The average molecular weight is 512 g/mol. The van der Waals surface area contributed by atoms with Gasteiger partial charge in [0.15, 0.2) is 0 Å². The van der Waals surface area contributed by atoms with Gasteiger partial charge < -0.3 is 8.83 Å². The molecular weight excluding hydrogens is 490 g/mol. The van der Waals surface area contributed by atoms with Gasteiger partial charge in [-0.15, -0.1) is 0 Å². The van der Waals surface area contributed by atoms with Gasteiger partial charge in [-0.25, -0.2) is 0 Å². The smallest absolute Gasteiger partial charge is 0.136 e. The first kappa shape index (κ1) is 22.4. The van der Waals surface area contributed by atoms with Crippen molar-refractivity contribution in [1.82, 2.24) is 0 Å². The first-order valence-electron chi connectivity index (χ1n) is 13.2. The van der Waals surface area contributed by atoms with E-state index in [-0.39, 0.29) is 0 Å². The maximum absolute atomic E-state index is 9.90. The zero-order valence-corrected chi connectivity index (χ0v) is 21.4. The van der Waals surface area contributed by atoms with Crippen molar-refractivity contribution in [2.45, 2.75) is 0 Å². The molecule has 0 saturated heterocycles. The SMILES string of the molecule is N#Cc1ccccc1-c1cc(-c2ccc3c(c2)oc2ccccc23)cc(-c2cccc3oc4ccccc4c23)c1. The number of hydrogen-bond acceptors (Lipinski definition) is 3. The maximum Gasteiger partial charge on any atom is 0.136 e. The second kappa shape index (κ2) is 8.73. The van der Waals surface area contributed by atoms with Gasteiger partial charge in [-0.3, -0.25) is 0 Å². The second-order valence-corrected chi connectivity index (χ2v) is 10.0. The summed E-state index contributed by atoms with van der Waals surface area (Å²) in [5, 5.41) is 14.3. The van der Waals surface area contributed by atoms with E-state index >= 15 is 0 Å². The van der Waals surface area contributed by atoms with Crippen molar-refractivity contribution in [2.75, 3.05) is 0 Å². The van der Waals surface area contributed by atoms with Crippen molar-refractivity contribution in [2.24, 2.45) is 0 Å². The molecule has 3 heteroatoms. The molecule has 0 saturated carbocycles. The lowest BCUT2D eigenvalue weighted by molar-refractivity contribution is 0.668. The lowest BCUT2D eigenvalue weighted by Gasteiger charge is -2.13. The second-order valence-electron chi connectivity index (χ2n) is 10.0. The Balaban J connectivity index is 1.41. The van der Waals surface area contributed by atoms with Gasteiger partial charge in [-0.2, -0.15) is 5.26 Å². The Morgan fingerprint density at radius 2 is 1.02 bits per heavy atom. The summed E-state index contributed by atoms with van der Waals surface area (Å²) in [6.45, 7) is 0. The molecule has 0 N–H and O–H groups in total. The molecule has 0 atom stereocenters. The summed E-state index contributed by atoms with van der Waals surface area (Å²) in [5.74, 6) is 0. The summed E-state index contributed by atoms with van der Waals surface area (Å²) in [7, 11) is 0. The number of rotatable bonds is 3. The molecule has 40 heavy (non-hydrogen) atoms. The molecule has 8 rings (SSSR count). The molecule has 0 bridgehead atoms. The van der Waals surface area contributed by atoms with Crippen LogP contribution in [0.1, 0.15) is 5.56 Å². The lowest BCUT2D eigenvalue weighted by atomic mass is 9.90. The third-order valence-electron chi connectivity index (χ3n) is 7.72. The van der Waals surface area contributed by atoms with Gasteiger partial charge in [0.25, 0.3) is 0 Å². The van der Waals surface area contributed by atoms with Crippen LogP contribution in [0.4, 0.5) is 0 Å². The molecule has 186 valence electrons. The molecule has 8 aromatic rings. The Kier molecular flexibility index (Phi) is 4.89. The highest BCUT2D eigenvalue weighted by atomic mass is 16.3. The van der Waals surface area contributed by atoms with Gasteiger partial charge in [-0.1, -0.05) is 72.8 Å². The fourth-order valence-electron chi connectivity index (χ4n) is 5.86. The monoisotopic (exact) mass is 511 g/mol. The highest BCUT2D eigenvalue weighted by Crippen LogP contribution is 2.41. The molecule has 0 amide bonds. The molecular formula is C37H21NO2. The van der Waals surface area contributed by atoms with Crippen LogP contribution in [0.3, 0.4) is 0 Å². The summed E-state index contributed by atoms with van der Waals surface area (Å²) in [4.78, 5) is 0. The van der Waals surface area contributed by atoms with E-state index in [9.17, 15) is 5.26 Å². The van der Waals surface area contributed by atoms with Crippen LogP contribution >= 0.6 is 0 Å². The minimum absolute atomic E-state index is 0.644. The molecule has 2 aromatic heterocycles. The third-order valence-corrected chi connectivity index (χ3v) is 7.72. The predicted octanol–water partition coefficient (Wildman–Crippen LogP) is 10.4. The van der Waals surface area contributed by atoms with E-state index in [1.54, 1.807) is 0 Å². The number of furan rings is 2. The topological polar surface area (TPSA) is 50.1 Å². The Labute approximate surface area is 230 Å². The Bertz CT molecular complexity index is 2290. The fourth-order valence-corrected chi connectivity index (χ4v) is 5.86. The van der Waals surface area contributed by atoms with Crippen LogP contribution in [0, 0.1) is 11.3 Å². The minimum Gasteiger partial charge on any atom is -0.456 e.